The van der Waals surface area contributed by atoms with Gasteiger partial charge in [-0.2, -0.15) is 0 Å². The maximum absolute atomic E-state index is 13.1. The minimum atomic E-state index is -0.375. The predicted molar refractivity (Wildman–Crippen MR) is 48.9 cm³/mol. The molecule has 0 spiro atoms. The lowest BCUT2D eigenvalue weighted by atomic mass is 10.3. The van der Waals surface area contributed by atoms with Gasteiger partial charge in [-0.15, -0.1) is 0 Å². The van der Waals surface area contributed by atoms with E-state index in [0.29, 0.717) is 0 Å². The molecule has 1 radical (unpaired) electrons. The molecule has 14 heavy (non-hydrogen) atoms. The third-order valence-electron chi connectivity index (χ3n) is 1.89. The second-order valence-corrected chi connectivity index (χ2v) is 2.73. The van der Waals surface area contributed by atoms with Crippen molar-refractivity contribution in [3.05, 3.63) is 42.7 Å². The van der Waals surface area contributed by atoms with Gasteiger partial charge in [0.2, 0.25) is 0 Å². The fraction of sp³-hybridized carbons (Fsp3) is 0.100. The third kappa shape index (κ3) is 1.46. The molecule has 71 valence electrons. The Bertz CT molecular complexity index is 426. The number of imidazole rings is 1. The number of ether oxygens (including phenoxy) is 1. The van der Waals surface area contributed by atoms with Crippen LogP contribution in [0.3, 0.4) is 0 Å². The zero-order valence-electron chi connectivity index (χ0n) is 7.57. The maximum Gasteiger partial charge on any atom is 0.165 e. The first-order chi connectivity index (χ1) is 6.81. The predicted octanol–water partition coefficient (Wildman–Crippen LogP) is 1.82. The average molecular weight is 191 g/mol. The van der Waals surface area contributed by atoms with Crippen molar-refractivity contribution in [3.8, 4) is 11.4 Å². The Morgan fingerprint density at radius 1 is 1.50 bits per heavy atom. The first-order valence-electron chi connectivity index (χ1n) is 4.05. The molecule has 3 nitrogen and oxygen atoms in total. The molecule has 0 N–H and O–H groups in total. The van der Waals surface area contributed by atoms with Crippen LogP contribution in [-0.2, 0) is 0 Å². The molecule has 4 heteroatoms. The van der Waals surface area contributed by atoms with E-state index < -0.39 is 0 Å². The van der Waals surface area contributed by atoms with Crippen LogP contribution in [0.2, 0.25) is 0 Å². The van der Waals surface area contributed by atoms with Gasteiger partial charge in [-0.25, -0.2) is 9.37 Å². The van der Waals surface area contributed by atoms with Crippen molar-refractivity contribution >= 4 is 0 Å². The Labute approximate surface area is 80.8 Å². The summed E-state index contributed by atoms with van der Waals surface area (Å²) in [5.74, 6) is -0.156. The van der Waals surface area contributed by atoms with E-state index in [1.165, 1.54) is 13.2 Å². The third-order valence-corrected chi connectivity index (χ3v) is 1.89. The van der Waals surface area contributed by atoms with E-state index in [-0.39, 0.29) is 11.6 Å². The average Bonchev–Trinajstić information content (AvgIpc) is 2.71. The number of benzene rings is 1. The van der Waals surface area contributed by atoms with Crippen molar-refractivity contribution in [3.63, 3.8) is 0 Å². The van der Waals surface area contributed by atoms with Crippen molar-refractivity contribution in [1.82, 2.24) is 9.55 Å². The molecule has 0 aliphatic carbocycles. The topological polar surface area (TPSA) is 27.1 Å². The van der Waals surface area contributed by atoms with Gasteiger partial charge in [-0.05, 0) is 12.1 Å². The Hall–Kier alpha value is -1.84. The highest BCUT2D eigenvalue weighted by Gasteiger charge is 2.03. The summed E-state index contributed by atoms with van der Waals surface area (Å²) in [5, 5.41) is 0. The largest absolute Gasteiger partial charge is 0.494 e. The minimum Gasteiger partial charge on any atom is -0.494 e. The lowest BCUT2D eigenvalue weighted by molar-refractivity contribution is 0.386. The van der Waals surface area contributed by atoms with Gasteiger partial charge < -0.3 is 9.30 Å². The molecular weight excluding hydrogens is 183 g/mol. The highest BCUT2D eigenvalue weighted by Crippen LogP contribution is 2.20. The molecule has 0 amide bonds. The first-order valence-corrected chi connectivity index (χ1v) is 4.05. The summed E-state index contributed by atoms with van der Waals surface area (Å²) in [4.78, 5) is 3.78. The minimum absolute atomic E-state index is 0.219. The quantitative estimate of drug-likeness (QED) is 0.724. The fourth-order valence-corrected chi connectivity index (χ4v) is 1.17. The molecular formula is C10H8FN2O. The molecule has 0 aliphatic heterocycles. The molecule has 1 aromatic carbocycles. The maximum atomic E-state index is 13.1. The number of methoxy groups -OCH3 is 1. The summed E-state index contributed by atoms with van der Waals surface area (Å²) in [6.07, 6.45) is 5.91. The molecule has 0 saturated heterocycles. The molecule has 0 atom stereocenters. The standard InChI is InChI=1S/C10H8FN2O/c1-14-10-6-8(2-3-9(10)11)13-5-4-12-7-13/h2-3,5-7H,1H3. The zero-order chi connectivity index (χ0) is 9.97. The monoisotopic (exact) mass is 191 g/mol. The van der Waals surface area contributed by atoms with Gasteiger partial charge in [-0.3, -0.25) is 0 Å². The number of nitrogens with zero attached hydrogens (tertiary/aromatic N) is 2. The van der Waals surface area contributed by atoms with Crippen LogP contribution < -0.4 is 4.74 Å². The van der Waals surface area contributed by atoms with Crippen LogP contribution in [0.4, 0.5) is 4.39 Å². The van der Waals surface area contributed by atoms with Gasteiger partial charge in [0, 0.05) is 12.3 Å². The molecule has 2 rings (SSSR count). The number of hydrogen-bond donors (Lipinski definition) is 0. The van der Waals surface area contributed by atoms with E-state index in [2.05, 4.69) is 11.2 Å². The zero-order valence-corrected chi connectivity index (χ0v) is 7.57. The Morgan fingerprint density at radius 2 is 2.36 bits per heavy atom. The van der Waals surface area contributed by atoms with E-state index in [1.54, 1.807) is 29.2 Å². The molecule has 0 saturated carbocycles. The number of halogens is 1. The van der Waals surface area contributed by atoms with Gasteiger partial charge in [0.25, 0.3) is 0 Å². The van der Waals surface area contributed by atoms with Crippen LogP contribution in [-0.4, -0.2) is 16.7 Å². The molecule has 1 heterocycles. The van der Waals surface area contributed by atoms with Crippen molar-refractivity contribution in [2.45, 2.75) is 0 Å². The van der Waals surface area contributed by atoms with E-state index >= 15 is 0 Å². The normalized spacial score (nSPS) is 10.1. The molecule has 0 unspecified atom stereocenters. The van der Waals surface area contributed by atoms with Gasteiger partial charge in [0.1, 0.15) is 6.20 Å². The van der Waals surface area contributed by atoms with E-state index in [9.17, 15) is 4.39 Å². The van der Waals surface area contributed by atoms with Crippen molar-refractivity contribution in [2.75, 3.05) is 7.11 Å². The van der Waals surface area contributed by atoms with Crippen molar-refractivity contribution in [2.24, 2.45) is 0 Å². The smallest absolute Gasteiger partial charge is 0.165 e. The van der Waals surface area contributed by atoms with Gasteiger partial charge >= 0.3 is 0 Å². The summed E-state index contributed by atoms with van der Waals surface area (Å²) >= 11 is 0. The summed E-state index contributed by atoms with van der Waals surface area (Å²) < 4.78 is 19.6. The summed E-state index contributed by atoms with van der Waals surface area (Å²) in [6.45, 7) is 0. The molecule has 0 bridgehead atoms. The second kappa shape index (κ2) is 3.49. The van der Waals surface area contributed by atoms with Crippen LogP contribution in [0.5, 0.6) is 5.75 Å². The Balaban J connectivity index is 2.46. The van der Waals surface area contributed by atoms with E-state index in [0.717, 1.165) is 5.69 Å². The molecule has 0 fully saturated rings. The lowest BCUT2D eigenvalue weighted by Gasteiger charge is -2.05. The van der Waals surface area contributed by atoms with Gasteiger partial charge in [-0.1, -0.05) is 0 Å². The SMILES string of the molecule is COc1cc(-n2c[c]nc2)ccc1F. The van der Waals surface area contributed by atoms with E-state index in [1.807, 2.05) is 0 Å². The van der Waals surface area contributed by atoms with Crippen LogP contribution >= 0.6 is 0 Å². The summed E-state index contributed by atoms with van der Waals surface area (Å²) in [5.41, 5.74) is 0.789. The Morgan fingerprint density at radius 3 is 3.00 bits per heavy atom. The van der Waals surface area contributed by atoms with Crippen LogP contribution in [0, 0.1) is 12.0 Å². The van der Waals surface area contributed by atoms with Crippen LogP contribution in [0.1, 0.15) is 0 Å². The fourth-order valence-electron chi connectivity index (χ4n) is 1.17. The van der Waals surface area contributed by atoms with E-state index in [4.69, 9.17) is 4.74 Å². The van der Waals surface area contributed by atoms with Gasteiger partial charge in [0.15, 0.2) is 11.6 Å². The second-order valence-electron chi connectivity index (χ2n) is 2.73. The Kier molecular flexibility index (Phi) is 2.18. The lowest BCUT2D eigenvalue weighted by Crippen LogP contribution is -1.93. The number of hydrogen-bond acceptors (Lipinski definition) is 2. The molecule has 0 aliphatic rings. The highest BCUT2D eigenvalue weighted by molar-refractivity contribution is 5.40. The van der Waals surface area contributed by atoms with Crippen LogP contribution in [0.25, 0.3) is 5.69 Å². The van der Waals surface area contributed by atoms with Gasteiger partial charge in [0.05, 0.1) is 19.1 Å². The van der Waals surface area contributed by atoms with Crippen LogP contribution in [0.15, 0.2) is 30.7 Å². The van der Waals surface area contributed by atoms with Crippen molar-refractivity contribution < 1.29 is 9.13 Å². The summed E-state index contributed by atoms with van der Waals surface area (Å²) in [6, 6.07) is 4.60. The molecule has 2 aromatic rings. The number of aromatic nitrogens is 2. The molecule has 1 aromatic heterocycles. The highest BCUT2D eigenvalue weighted by atomic mass is 19.1. The van der Waals surface area contributed by atoms with Crippen molar-refractivity contribution in [1.29, 1.82) is 0 Å². The number of rotatable bonds is 2. The summed E-state index contributed by atoms with van der Waals surface area (Å²) in [7, 11) is 1.43. The first kappa shape index (κ1) is 8.74.